The van der Waals surface area contributed by atoms with Gasteiger partial charge in [0, 0.05) is 28.5 Å². The highest BCUT2D eigenvalue weighted by atomic mass is 35.5. The second kappa shape index (κ2) is 12.9. The van der Waals surface area contributed by atoms with Gasteiger partial charge in [-0.15, -0.1) is 0 Å². The fourth-order valence-electron chi connectivity index (χ4n) is 4.84. The fourth-order valence-corrected chi connectivity index (χ4v) is 5.48. The molecule has 2 fully saturated rings. The van der Waals surface area contributed by atoms with Crippen molar-refractivity contribution in [2.45, 2.75) is 56.5 Å². The van der Waals surface area contributed by atoms with E-state index in [1.807, 2.05) is 24.3 Å². The van der Waals surface area contributed by atoms with Gasteiger partial charge >= 0.3 is 21.6 Å². The van der Waals surface area contributed by atoms with Gasteiger partial charge in [0.25, 0.3) is 0 Å². The molecule has 0 radical (unpaired) electrons. The van der Waals surface area contributed by atoms with Gasteiger partial charge in [-0.3, -0.25) is 9.35 Å². The lowest BCUT2D eigenvalue weighted by Gasteiger charge is -2.31. The summed E-state index contributed by atoms with van der Waals surface area (Å²) in [4.78, 5) is 26.8. The van der Waals surface area contributed by atoms with Gasteiger partial charge in [0.15, 0.2) is 0 Å². The van der Waals surface area contributed by atoms with Crippen LogP contribution in [-0.4, -0.2) is 55.0 Å². The van der Waals surface area contributed by atoms with Crippen molar-refractivity contribution in [1.82, 2.24) is 4.90 Å². The second-order valence-corrected chi connectivity index (χ2v) is 11.6. The van der Waals surface area contributed by atoms with Crippen LogP contribution in [0.3, 0.4) is 0 Å². The highest BCUT2D eigenvalue weighted by Crippen LogP contribution is 2.36. The minimum atomic E-state index is -5.84. The molecular formula is C26H28Cl2F3NO6S. The first-order valence-electron chi connectivity index (χ1n) is 12.2. The zero-order valence-corrected chi connectivity index (χ0v) is 23.3. The molecule has 0 spiro atoms. The van der Waals surface area contributed by atoms with Crippen LogP contribution in [0.15, 0.2) is 36.4 Å². The molecule has 1 aliphatic carbocycles. The molecule has 1 heterocycles. The Morgan fingerprint density at radius 2 is 1.56 bits per heavy atom. The molecule has 0 bridgehead atoms. The molecule has 7 nitrogen and oxygen atoms in total. The van der Waals surface area contributed by atoms with Crippen LogP contribution in [0, 0.1) is 5.92 Å². The van der Waals surface area contributed by atoms with Crippen molar-refractivity contribution < 1.29 is 40.5 Å². The van der Waals surface area contributed by atoms with Gasteiger partial charge in [0.05, 0.1) is 12.7 Å². The van der Waals surface area contributed by atoms with E-state index >= 15 is 0 Å². The zero-order chi connectivity index (χ0) is 29.0. The van der Waals surface area contributed by atoms with Crippen LogP contribution in [-0.2, 0) is 26.1 Å². The third-order valence-corrected chi connectivity index (χ3v) is 8.15. The van der Waals surface area contributed by atoms with E-state index in [-0.39, 0.29) is 17.8 Å². The smallest absolute Gasteiger partial charge is 0.465 e. The lowest BCUT2D eigenvalue weighted by atomic mass is 9.93. The van der Waals surface area contributed by atoms with E-state index in [1.54, 1.807) is 12.1 Å². The second-order valence-electron chi connectivity index (χ2n) is 9.42. The minimum Gasteiger partial charge on any atom is -0.465 e. The predicted octanol–water partition coefficient (Wildman–Crippen LogP) is 6.56. The van der Waals surface area contributed by atoms with E-state index in [4.69, 9.17) is 40.9 Å². The zero-order valence-electron chi connectivity index (χ0n) is 21.0. The number of carbonyl (C=O) groups excluding carboxylic acids is 2. The third kappa shape index (κ3) is 7.87. The summed E-state index contributed by atoms with van der Waals surface area (Å²) in [7, 11) is -4.48. The number of alkyl halides is 3. The quantitative estimate of drug-likeness (QED) is 0.234. The number of likely N-dealkylation sites (tertiary alicyclic amines) is 1. The number of hydrogen-bond acceptors (Lipinski definition) is 5. The summed E-state index contributed by atoms with van der Waals surface area (Å²) in [6.45, 7) is 0.841. The number of rotatable bonds is 5. The average molecular weight is 610 g/mol. The molecule has 2 aromatic rings. The van der Waals surface area contributed by atoms with Crippen LogP contribution in [0.5, 0.6) is 0 Å². The molecule has 1 atom stereocenters. The maximum Gasteiger partial charge on any atom is 0.522 e. The van der Waals surface area contributed by atoms with Gasteiger partial charge in [-0.25, -0.2) is 4.79 Å². The van der Waals surface area contributed by atoms with Gasteiger partial charge in [0.2, 0.25) is 5.91 Å². The first kappa shape index (κ1) is 31.2. The van der Waals surface area contributed by atoms with Crippen molar-refractivity contribution >= 4 is 45.2 Å². The van der Waals surface area contributed by atoms with Gasteiger partial charge in [-0.05, 0) is 66.6 Å². The van der Waals surface area contributed by atoms with Crippen LogP contribution in [0.1, 0.15) is 54.4 Å². The van der Waals surface area contributed by atoms with E-state index in [9.17, 15) is 22.8 Å². The summed E-state index contributed by atoms with van der Waals surface area (Å²) in [6.07, 6.45) is 7.41. The molecule has 1 unspecified atom stereocenters. The number of halogens is 5. The van der Waals surface area contributed by atoms with Gasteiger partial charge < -0.3 is 9.64 Å². The van der Waals surface area contributed by atoms with Crippen LogP contribution in [0.2, 0.25) is 10.0 Å². The minimum absolute atomic E-state index is 0.0536. The van der Waals surface area contributed by atoms with E-state index in [2.05, 4.69) is 4.90 Å². The fraction of sp³-hybridized carbons (Fsp3) is 0.462. The molecule has 1 saturated carbocycles. The molecule has 1 amide bonds. The number of esters is 1. The molecule has 1 saturated heterocycles. The Morgan fingerprint density at radius 1 is 1.03 bits per heavy atom. The highest BCUT2D eigenvalue weighted by Gasteiger charge is 2.44. The van der Waals surface area contributed by atoms with Crippen molar-refractivity contribution in [3.63, 3.8) is 0 Å². The summed E-state index contributed by atoms with van der Waals surface area (Å²) < 4.78 is 62.3. The van der Waals surface area contributed by atoms with Gasteiger partial charge in [0.1, 0.15) is 0 Å². The molecular weight excluding hydrogens is 582 g/mol. The average Bonchev–Trinajstić information content (AvgIpc) is 3.25. The van der Waals surface area contributed by atoms with Crippen LogP contribution < -0.4 is 0 Å². The molecule has 0 aromatic heterocycles. The topological polar surface area (TPSA) is 101 Å². The Bertz CT molecular complexity index is 1270. The predicted molar refractivity (Wildman–Crippen MR) is 141 cm³/mol. The van der Waals surface area contributed by atoms with Crippen molar-refractivity contribution in [2.24, 2.45) is 5.92 Å². The maximum absolute atomic E-state index is 13.0. The highest BCUT2D eigenvalue weighted by molar-refractivity contribution is 7.86. The SMILES string of the molecule is COC(=O)c1ccc(-c2cc(Cl)c(CC3CCN(C4CCCCC4)C3=O)c(Cl)c2)cc1.O=S(=O)(O)C(F)(F)F. The molecule has 2 aromatic carbocycles. The van der Waals surface area contributed by atoms with Crippen molar-refractivity contribution in [2.75, 3.05) is 13.7 Å². The molecule has 13 heteroatoms. The van der Waals surface area contributed by atoms with Crippen molar-refractivity contribution in [3.05, 3.63) is 57.6 Å². The Balaban J connectivity index is 0.000000459. The maximum atomic E-state index is 13.0. The number of ether oxygens (including phenoxy) is 1. The van der Waals surface area contributed by atoms with Crippen molar-refractivity contribution in [3.8, 4) is 11.1 Å². The van der Waals surface area contributed by atoms with Crippen LogP contribution in [0.4, 0.5) is 13.2 Å². The number of benzene rings is 2. The number of methoxy groups -OCH3 is 1. The lowest BCUT2D eigenvalue weighted by molar-refractivity contribution is -0.133. The van der Waals surface area contributed by atoms with E-state index in [0.717, 1.165) is 42.5 Å². The third-order valence-electron chi connectivity index (χ3n) is 6.89. The first-order valence-corrected chi connectivity index (χ1v) is 14.4. The van der Waals surface area contributed by atoms with Gasteiger partial charge in [-0.2, -0.15) is 21.6 Å². The molecule has 1 N–H and O–H groups in total. The van der Waals surface area contributed by atoms with E-state index in [0.29, 0.717) is 28.1 Å². The summed E-state index contributed by atoms with van der Waals surface area (Å²) in [5.74, 6) is -0.176. The van der Waals surface area contributed by atoms with Crippen molar-refractivity contribution in [1.29, 1.82) is 0 Å². The number of hydrogen-bond donors (Lipinski definition) is 1. The largest absolute Gasteiger partial charge is 0.522 e. The number of nitrogens with zero attached hydrogens (tertiary/aromatic N) is 1. The Kier molecular flexibility index (Phi) is 10.3. The normalized spacial score (nSPS) is 18.5. The first-order chi connectivity index (χ1) is 18.2. The Labute approximate surface area is 235 Å². The summed E-state index contributed by atoms with van der Waals surface area (Å²) in [5, 5.41) is 1.15. The van der Waals surface area contributed by atoms with E-state index < -0.39 is 15.6 Å². The van der Waals surface area contributed by atoms with E-state index in [1.165, 1.54) is 26.4 Å². The molecule has 214 valence electrons. The summed E-state index contributed by atoms with van der Waals surface area (Å²) in [6, 6.07) is 11.3. The monoisotopic (exact) mass is 609 g/mol. The molecule has 2 aliphatic rings. The summed E-state index contributed by atoms with van der Waals surface area (Å²) >= 11 is 13.2. The van der Waals surface area contributed by atoms with Crippen LogP contribution in [0.25, 0.3) is 11.1 Å². The Hall–Kier alpha value is -2.34. The number of carbonyl (C=O) groups is 2. The molecule has 4 rings (SSSR count). The molecule has 39 heavy (non-hydrogen) atoms. The van der Waals surface area contributed by atoms with Gasteiger partial charge in [-0.1, -0.05) is 54.6 Å². The standard InChI is InChI=1S/C25H27Cl2NO3.CHF3O3S/c1-31-25(30)17-9-7-16(8-10-17)19-14-22(26)21(23(27)15-19)13-18-11-12-28(24(18)29)20-5-3-2-4-6-20;2-1(3,4)8(5,6)7/h7-10,14-15,18,20H,2-6,11-13H2,1H3;(H,5,6,7). The summed E-state index contributed by atoms with van der Waals surface area (Å²) in [5.41, 5.74) is -2.43. The number of amides is 1. The molecule has 1 aliphatic heterocycles. The lowest BCUT2D eigenvalue weighted by Crippen LogP contribution is -2.39. The van der Waals surface area contributed by atoms with Crippen LogP contribution >= 0.6 is 23.2 Å². The Morgan fingerprint density at radius 3 is 2.05 bits per heavy atom.